The van der Waals surface area contributed by atoms with Crippen LogP contribution in [-0.2, 0) is 10.2 Å². The van der Waals surface area contributed by atoms with Crippen molar-refractivity contribution in [2.75, 3.05) is 30.3 Å². The smallest absolute Gasteiger partial charge is 0.274 e. The summed E-state index contributed by atoms with van der Waals surface area (Å²) < 4.78 is 69.5. The van der Waals surface area contributed by atoms with Gasteiger partial charge >= 0.3 is 0 Å². The highest BCUT2D eigenvalue weighted by Crippen LogP contribution is 2.38. The molecule has 0 spiro atoms. The molecule has 0 bridgehead atoms. The minimum Gasteiger partial charge on any atom is -0.390 e. The van der Waals surface area contributed by atoms with Gasteiger partial charge < -0.3 is 25.4 Å². The molecule has 1 saturated heterocycles. The zero-order valence-corrected chi connectivity index (χ0v) is 21.2. The number of alkyl halides is 1. The van der Waals surface area contributed by atoms with Gasteiger partial charge in [0, 0.05) is 37.4 Å². The number of fused-ring (bicyclic) bond motifs is 1. The Morgan fingerprint density at radius 2 is 1.87 bits per heavy atom. The molecule has 39 heavy (non-hydrogen) atoms. The first-order valence-electron chi connectivity index (χ1n) is 12.1. The molecule has 11 nitrogen and oxygen atoms in total. The van der Waals surface area contributed by atoms with Gasteiger partial charge in [-0.3, -0.25) is 0 Å². The zero-order chi connectivity index (χ0) is 28.1. The van der Waals surface area contributed by atoms with Crippen molar-refractivity contribution in [1.82, 2.24) is 19.3 Å². The van der Waals surface area contributed by atoms with Crippen LogP contribution >= 0.6 is 0 Å². The van der Waals surface area contributed by atoms with Crippen molar-refractivity contribution in [3.05, 3.63) is 47.4 Å². The monoisotopic (exact) mass is 565 g/mol. The number of nitrogen functional groups attached to an aromatic ring is 1. The number of halogens is 3. The maximum Gasteiger partial charge on any atom is 0.274 e. The highest BCUT2D eigenvalue weighted by atomic mass is 32.2. The van der Waals surface area contributed by atoms with Crippen LogP contribution < -0.4 is 20.5 Å². The van der Waals surface area contributed by atoms with Gasteiger partial charge in [-0.25, -0.2) is 33.0 Å². The Hall–Kier alpha value is -3.42. The van der Waals surface area contributed by atoms with Crippen LogP contribution in [0.2, 0.25) is 0 Å². The molecule has 5 rings (SSSR count). The lowest BCUT2D eigenvalue weighted by Gasteiger charge is -2.19. The molecule has 0 amide bonds. The molecule has 208 valence electrons. The second kappa shape index (κ2) is 10.3. The summed E-state index contributed by atoms with van der Waals surface area (Å²) in [5, 5.41) is 26.5. The molecule has 2 fully saturated rings. The van der Waals surface area contributed by atoms with Crippen LogP contribution in [-0.4, -0.2) is 71.2 Å². The molecule has 3 aromatic rings. The van der Waals surface area contributed by atoms with E-state index < -0.39 is 57.7 Å². The zero-order valence-electron chi connectivity index (χ0n) is 20.4. The maximum absolute atomic E-state index is 14.9. The fraction of sp³-hybridized carbons (Fsp3) is 0.417. The molecule has 7 N–H and O–H groups in total. The first-order valence-corrected chi connectivity index (χ1v) is 13.6. The fourth-order valence-corrected chi connectivity index (χ4v) is 5.65. The fourth-order valence-electron chi connectivity index (χ4n) is 5.20. The summed E-state index contributed by atoms with van der Waals surface area (Å²) in [6.45, 7) is 0.211. The van der Waals surface area contributed by atoms with E-state index in [1.807, 2.05) is 0 Å². The van der Waals surface area contributed by atoms with E-state index in [0.29, 0.717) is 6.54 Å². The first kappa shape index (κ1) is 27.2. The van der Waals surface area contributed by atoms with Crippen molar-refractivity contribution >= 4 is 32.7 Å². The number of nitrogens with zero attached hydrogens (tertiary/aromatic N) is 4. The van der Waals surface area contributed by atoms with Crippen molar-refractivity contribution < 1.29 is 31.8 Å². The van der Waals surface area contributed by atoms with Gasteiger partial charge in [0.05, 0.1) is 28.7 Å². The number of nitrogens with two attached hydrogens (primary N) is 2. The molecule has 1 aliphatic heterocycles. The van der Waals surface area contributed by atoms with E-state index in [4.69, 9.17) is 10.9 Å². The predicted molar refractivity (Wildman–Crippen MR) is 136 cm³/mol. The maximum atomic E-state index is 14.9. The number of anilines is 2. The molecule has 0 unspecified atom stereocenters. The van der Waals surface area contributed by atoms with Crippen LogP contribution in [0.4, 0.5) is 24.7 Å². The summed E-state index contributed by atoms with van der Waals surface area (Å²) in [5.74, 6) is 2.76. The summed E-state index contributed by atoms with van der Waals surface area (Å²) in [7, 11) is -4.01. The number of rotatable bonds is 5. The summed E-state index contributed by atoms with van der Waals surface area (Å²) in [6.07, 6.45) is -0.528. The number of aliphatic hydroxyl groups excluding tert-OH is 2. The third-order valence-corrected chi connectivity index (χ3v) is 7.73. The van der Waals surface area contributed by atoms with Gasteiger partial charge in [0.25, 0.3) is 10.2 Å². The molecule has 1 aromatic carbocycles. The molecule has 2 aromatic heterocycles. The summed E-state index contributed by atoms with van der Waals surface area (Å²) in [6, 6.07) is 1.46. The Bertz CT molecular complexity index is 1570. The number of aliphatic hydroxyl groups is 2. The van der Waals surface area contributed by atoms with E-state index in [9.17, 15) is 31.8 Å². The Balaban J connectivity index is 1.49. The van der Waals surface area contributed by atoms with E-state index in [1.165, 1.54) is 17.1 Å². The third-order valence-electron chi connectivity index (χ3n) is 7.16. The van der Waals surface area contributed by atoms with Crippen LogP contribution in [0, 0.1) is 29.4 Å². The van der Waals surface area contributed by atoms with Crippen LogP contribution in [0.1, 0.15) is 30.0 Å². The van der Waals surface area contributed by atoms with Crippen LogP contribution in [0.3, 0.4) is 0 Å². The first-order chi connectivity index (χ1) is 18.4. The summed E-state index contributed by atoms with van der Waals surface area (Å²) in [4.78, 5) is 9.75. The van der Waals surface area contributed by atoms with Crippen LogP contribution in [0.15, 0.2) is 24.7 Å². The average molecular weight is 566 g/mol. The third kappa shape index (κ3) is 5.38. The lowest BCUT2D eigenvalue weighted by atomic mass is 10.1. The minimum atomic E-state index is -4.01. The highest BCUT2D eigenvalue weighted by molar-refractivity contribution is 7.87. The number of hydrogen-bond acceptors (Lipinski definition) is 8. The van der Waals surface area contributed by atoms with E-state index in [1.54, 1.807) is 4.90 Å². The normalized spacial score (nSPS) is 25.3. The Labute approximate surface area is 221 Å². The van der Waals surface area contributed by atoms with Crippen molar-refractivity contribution in [1.29, 1.82) is 0 Å². The van der Waals surface area contributed by atoms with Gasteiger partial charge in [0.2, 0.25) is 0 Å². The summed E-state index contributed by atoms with van der Waals surface area (Å²) in [5.41, 5.74) is 6.28. The van der Waals surface area contributed by atoms with E-state index >= 15 is 0 Å². The van der Waals surface area contributed by atoms with Crippen molar-refractivity contribution in [3.63, 3.8) is 0 Å². The van der Waals surface area contributed by atoms with Gasteiger partial charge in [-0.05, 0) is 25.0 Å². The van der Waals surface area contributed by atoms with Crippen molar-refractivity contribution in [2.24, 2.45) is 11.1 Å². The van der Waals surface area contributed by atoms with Gasteiger partial charge in [-0.1, -0.05) is 11.8 Å². The van der Waals surface area contributed by atoms with Crippen molar-refractivity contribution in [3.8, 4) is 11.8 Å². The van der Waals surface area contributed by atoms with Gasteiger partial charge in [-0.2, -0.15) is 8.42 Å². The SMILES string of the molecule is Nc1ncnc2c1c(C#Cc1c(F)cc(N3CC[C@H](F)C3)cc1F)cn2[C@@H]1C[C@H](CNS(N)(=O)=O)[C@@H](O)[C@H]1O. The molecule has 0 radical (unpaired) electrons. The molecule has 3 heterocycles. The number of hydrogen-bond donors (Lipinski definition) is 5. The second-order valence-corrected chi connectivity index (χ2v) is 11.1. The molecule has 1 saturated carbocycles. The average Bonchev–Trinajstić information content (AvgIpc) is 3.54. The highest BCUT2D eigenvalue weighted by Gasteiger charge is 2.43. The van der Waals surface area contributed by atoms with Crippen molar-refractivity contribution in [2.45, 2.75) is 37.3 Å². The molecular formula is C24H26F3N7O4S. The topological polar surface area (TPSA) is 173 Å². The van der Waals surface area contributed by atoms with E-state index in [0.717, 1.165) is 12.1 Å². The summed E-state index contributed by atoms with van der Waals surface area (Å²) >= 11 is 0. The molecule has 5 atom stereocenters. The van der Waals surface area contributed by atoms with E-state index in [2.05, 4.69) is 26.5 Å². The van der Waals surface area contributed by atoms with Crippen LogP contribution in [0.5, 0.6) is 0 Å². The van der Waals surface area contributed by atoms with Gasteiger partial charge in [0.1, 0.15) is 41.7 Å². The predicted octanol–water partition coefficient (Wildman–Crippen LogP) is 0.316. The quantitative estimate of drug-likeness (QED) is 0.275. The second-order valence-electron chi connectivity index (χ2n) is 9.71. The number of nitrogens with one attached hydrogen (secondary N) is 1. The Morgan fingerprint density at radius 1 is 1.15 bits per heavy atom. The molecule has 2 aliphatic rings. The molecule has 15 heteroatoms. The largest absolute Gasteiger partial charge is 0.390 e. The van der Waals surface area contributed by atoms with Gasteiger partial charge in [-0.15, -0.1) is 0 Å². The molecular weight excluding hydrogens is 539 g/mol. The van der Waals surface area contributed by atoms with Gasteiger partial charge in [0.15, 0.2) is 0 Å². The standard InChI is InChI=1S/C24H26F3N7O4S/c25-14-3-4-33(10-14)15-6-17(26)16(18(27)7-15)2-1-12-9-34(24-20(12)23(28)30-11-31-24)19-5-13(21(35)22(19)36)8-32-39(29,37)38/h6-7,9,11,13-14,19,21-22,32,35-36H,3-5,8,10H2,(H2,28,30,31)(H2,29,37,38)/t13-,14+,19-,21-,22+/m1/s1. The number of aromatic nitrogens is 3. The minimum absolute atomic E-state index is 0.0367. The lowest BCUT2D eigenvalue weighted by Crippen LogP contribution is -2.38. The number of benzene rings is 1. The van der Waals surface area contributed by atoms with E-state index in [-0.39, 0.29) is 54.0 Å². The lowest BCUT2D eigenvalue weighted by molar-refractivity contribution is 0.00769. The Kier molecular flexibility index (Phi) is 7.16. The molecule has 1 aliphatic carbocycles. The van der Waals surface area contributed by atoms with Crippen LogP contribution in [0.25, 0.3) is 11.0 Å². The Morgan fingerprint density at radius 3 is 2.51 bits per heavy atom.